The summed E-state index contributed by atoms with van der Waals surface area (Å²) in [4.78, 5) is 26.0. The Balaban J connectivity index is 1.78. The summed E-state index contributed by atoms with van der Waals surface area (Å²) in [7, 11) is 3.15. The third-order valence-corrected chi connectivity index (χ3v) is 4.87. The normalized spacial score (nSPS) is 16.6. The first-order valence-corrected chi connectivity index (χ1v) is 9.20. The van der Waals surface area contributed by atoms with Crippen LogP contribution in [0.25, 0.3) is 17.1 Å². The van der Waals surface area contributed by atoms with E-state index >= 15 is 0 Å². The molecular formula is C20H16N4O3S. The van der Waals surface area contributed by atoms with E-state index in [-0.39, 0.29) is 5.24 Å². The van der Waals surface area contributed by atoms with Gasteiger partial charge in [-0.3, -0.25) is 14.8 Å². The highest BCUT2D eigenvalue weighted by atomic mass is 32.2. The summed E-state index contributed by atoms with van der Waals surface area (Å²) in [6.07, 6.45) is 5.18. The number of aromatic nitrogens is 2. The van der Waals surface area contributed by atoms with Gasteiger partial charge in [-0.25, -0.2) is 4.99 Å². The zero-order valence-electron chi connectivity index (χ0n) is 15.2. The van der Waals surface area contributed by atoms with Crippen molar-refractivity contribution in [3.63, 3.8) is 0 Å². The van der Waals surface area contributed by atoms with Crippen molar-refractivity contribution >= 4 is 45.6 Å². The van der Waals surface area contributed by atoms with Crippen molar-refractivity contribution in [3.05, 3.63) is 59.3 Å². The number of benzene rings is 2. The minimum absolute atomic E-state index is 0.189. The maximum Gasteiger partial charge on any atom is 0.289 e. The number of nitrogens with one attached hydrogen (secondary N) is 1. The van der Waals surface area contributed by atoms with Crippen LogP contribution < -0.4 is 14.8 Å². The van der Waals surface area contributed by atoms with Gasteiger partial charge in [-0.1, -0.05) is 12.1 Å². The summed E-state index contributed by atoms with van der Waals surface area (Å²) < 4.78 is 10.6. The van der Waals surface area contributed by atoms with Crippen LogP contribution in [-0.2, 0) is 0 Å². The number of aliphatic imine (C=N–C) groups is 1. The lowest BCUT2D eigenvalue weighted by atomic mass is 10.1. The molecule has 1 saturated heterocycles. The number of amides is 1. The molecule has 1 amide bonds. The first-order chi connectivity index (χ1) is 13.7. The van der Waals surface area contributed by atoms with Crippen molar-refractivity contribution in [1.29, 1.82) is 0 Å². The first-order valence-electron chi connectivity index (χ1n) is 8.38. The summed E-state index contributed by atoms with van der Waals surface area (Å²) in [6.45, 7) is 0. The molecule has 0 unspecified atom stereocenters. The van der Waals surface area contributed by atoms with E-state index in [1.807, 2.05) is 24.3 Å². The van der Waals surface area contributed by atoms with Crippen molar-refractivity contribution in [2.45, 2.75) is 0 Å². The summed E-state index contributed by atoms with van der Waals surface area (Å²) in [5.74, 6) is 1.70. The second-order valence-electron chi connectivity index (χ2n) is 5.83. The Kier molecular flexibility index (Phi) is 4.94. The van der Waals surface area contributed by atoms with E-state index in [9.17, 15) is 4.79 Å². The predicted molar refractivity (Wildman–Crippen MR) is 110 cm³/mol. The van der Waals surface area contributed by atoms with Crippen LogP contribution in [0.2, 0.25) is 0 Å². The number of carbonyl (C=O) groups is 1. The standard InChI is InChI=1S/C20H16N4O3S/c1-26-14-9-13(10-15(11-14)27-2)23-19-17(28-20(25)24-19)8-12-4-3-5-16-18(12)22-7-6-21-16/h3-11H,1-2H3,(H,23,24,25)/b17-8-. The third-order valence-electron chi connectivity index (χ3n) is 4.05. The lowest BCUT2D eigenvalue weighted by molar-refractivity contribution is 0.265. The van der Waals surface area contributed by atoms with Gasteiger partial charge >= 0.3 is 0 Å². The predicted octanol–water partition coefficient (Wildman–Crippen LogP) is 4.17. The molecule has 7 nitrogen and oxygen atoms in total. The van der Waals surface area contributed by atoms with Gasteiger partial charge < -0.3 is 14.8 Å². The molecule has 4 rings (SSSR count). The molecule has 0 aliphatic carbocycles. The van der Waals surface area contributed by atoms with Crippen LogP contribution >= 0.6 is 11.8 Å². The molecule has 1 N–H and O–H groups in total. The maximum absolute atomic E-state index is 12.0. The molecule has 2 aromatic carbocycles. The van der Waals surface area contributed by atoms with E-state index in [4.69, 9.17) is 9.47 Å². The molecule has 1 aliphatic heterocycles. The van der Waals surface area contributed by atoms with Crippen LogP contribution in [0.4, 0.5) is 10.5 Å². The molecule has 1 aliphatic rings. The SMILES string of the molecule is COc1cc(N=C2NC(=O)S/C2=C\c2cccc3nccnc23)cc(OC)c1. The smallest absolute Gasteiger partial charge is 0.289 e. The molecule has 0 bridgehead atoms. The molecule has 2 heterocycles. The number of hydrogen-bond donors (Lipinski definition) is 1. The Morgan fingerprint density at radius 2 is 1.82 bits per heavy atom. The molecule has 28 heavy (non-hydrogen) atoms. The van der Waals surface area contributed by atoms with Crippen LogP contribution in [-0.4, -0.2) is 35.3 Å². The average Bonchev–Trinajstić information content (AvgIpc) is 3.06. The van der Waals surface area contributed by atoms with Gasteiger partial charge in [0.15, 0.2) is 0 Å². The Morgan fingerprint density at radius 1 is 1.07 bits per heavy atom. The number of ether oxygens (including phenoxy) is 2. The molecule has 140 valence electrons. The number of para-hydroxylation sites is 1. The highest BCUT2D eigenvalue weighted by Crippen LogP contribution is 2.32. The quantitative estimate of drug-likeness (QED) is 0.717. The van der Waals surface area contributed by atoms with Gasteiger partial charge in [0.25, 0.3) is 5.24 Å². The zero-order chi connectivity index (χ0) is 19.5. The number of methoxy groups -OCH3 is 2. The highest BCUT2D eigenvalue weighted by Gasteiger charge is 2.24. The molecular weight excluding hydrogens is 376 g/mol. The minimum Gasteiger partial charge on any atom is -0.497 e. The van der Waals surface area contributed by atoms with Crippen molar-refractivity contribution in [1.82, 2.24) is 15.3 Å². The van der Waals surface area contributed by atoms with Gasteiger partial charge in [-0.15, -0.1) is 0 Å². The number of fused-ring (bicyclic) bond motifs is 1. The fourth-order valence-corrected chi connectivity index (χ4v) is 3.50. The number of amidine groups is 1. The van der Waals surface area contributed by atoms with E-state index in [1.54, 1.807) is 44.8 Å². The van der Waals surface area contributed by atoms with E-state index in [0.29, 0.717) is 27.9 Å². The van der Waals surface area contributed by atoms with Gasteiger partial charge in [0.1, 0.15) is 17.3 Å². The Labute approximate surface area is 165 Å². The van der Waals surface area contributed by atoms with Crippen LogP contribution in [0, 0.1) is 0 Å². The first kappa shape index (κ1) is 18.0. The van der Waals surface area contributed by atoms with Crippen LogP contribution in [0.3, 0.4) is 0 Å². The number of thioether (sulfide) groups is 1. The molecule has 1 fully saturated rings. The molecule has 1 aromatic heterocycles. The Hall–Kier alpha value is -3.39. The van der Waals surface area contributed by atoms with Crippen LogP contribution in [0.1, 0.15) is 5.56 Å². The monoisotopic (exact) mass is 392 g/mol. The van der Waals surface area contributed by atoms with E-state index < -0.39 is 0 Å². The molecule has 0 radical (unpaired) electrons. The van der Waals surface area contributed by atoms with Gasteiger partial charge in [0, 0.05) is 36.2 Å². The third kappa shape index (κ3) is 3.67. The summed E-state index contributed by atoms with van der Waals surface area (Å²) in [6, 6.07) is 11.0. The summed E-state index contributed by atoms with van der Waals surface area (Å²) in [5.41, 5.74) is 3.02. The number of carbonyl (C=O) groups excluding carboxylic acids is 1. The molecule has 0 saturated carbocycles. The lowest BCUT2D eigenvalue weighted by Crippen LogP contribution is -2.18. The van der Waals surface area contributed by atoms with E-state index in [2.05, 4.69) is 20.3 Å². The number of nitrogens with zero attached hydrogens (tertiary/aromatic N) is 3. The summed E-state index contributed by atoms with van der Waals surface area (Å²) >= 11 is 1.09. The van der Waals surface area contributed by atoms with Gasteiger partial charge in [0.05, 0.1) is 35.8 Å². The van der Waals surface area contributed by atoms with Crippen LogP contribution in [0.5, 0.6) is 11.5 Å². The van der Waals surface area contributed by atoms with Crippen molar-refractivity contribution < 1.29 is 14.3 Å². The van der Waals surface area contributed by atoms with Crippen molar-refractivity contribution in [2.75, 3.05) is 14.2 Å². The second-order valence-corrected chi connectivity index (χ2v) is 6.84. The van der Waals surface area contributed by atoms with Crippen molar-refractivity contribution in [2.24, 2.45) is 4.99 Å². The topological polar surface area (TPSA) is 85.7 Å². The van der Waals surface area contributed by atoms with Gasteiger partial charge in [0.2, 0.25) is 0 Å². The fraction of sp³-hybridized carbons (Fsp3) is 0.100. The van der Waals surface area contributed by atoms with Gasteiger partial charge in [-0.2, -0.15) is 0 Å². The zero-order valence-corrected chi connectivity index (χ0v) is 16.0. The average molecular weight is 392 g/mol. The van der Waals surface area contributed by atoms with E-state index in [1.165, 1.54) is 0 Å². The minimum atomic E-state index is -0.189. The van der Waals surface area contributed by atoms with Gasteiger partial charge in [-0.05, 0) is 23.9 Å². The lowest BCUT2D eigenvalue weighted by Gasteiger charge is -2.06. The molecule has 0 atom stereocenters. The summed E-state index contributed by atoms with van der Waals surface area (Å²) in [5, 5.41) is 2.60. The number of hydrogen-bond acceptors (Lipinski definition) is 7. The highest BCUT2D eigenvalue weighted by molar-refractivity contribution is 8.18. The second kappa shape index (κ2) is 7.69. The maximum atomic E-state index is 12.0. The van der Waals surface area contributed by atoms with Crippen molar-refractivity contribution in [3.8, 4) is 11.5 Å². The molecule has 8 heteroatoms. The Bertz CT molecular complexity index is 1100. The Morgan fingerprint density at radius 3 is 2.57 bits per heavy atom. The van der Waals surface area contributed by atoms with E-state index in [0.717, 1.165) is 28.4 Å². The number of rotatable bonds is 4. The fourth-order valence-electron chi connectivity index (χ4n) is 2.77. The van der Waals surface area contributed by atoms with Crippen LogP contribution in [0.15, 0.2) is 58.7 Å². The largest absolute Gasteiger partial charge is 0.497 e. The molecule has 0 spiro atoms. The molecule has 3 aromatic rings.